The van der Waals surface area contributed by atoms with Crippen molar-refractivity contribution in [3.8, 4) is 11.5 Å². The van der Waals surface area contributed by atoms with Crippen LogP contribution < -0.4 is 15.2 Å². The molecule has 0 spiro atoms. The number of hydrogen-bond acceptors (Lipinski definition) is 3. The summed E-state index contributed by atoms with van der Waals surface area (Å²) >= 11 is 3.47. The minimum atomic E-state index is 0.508. The Morgan fingerprint density at radius 3 is 2.30 bits per heavy atom. The van der Waals surface area contributed by atoms with Crippen molar-refractivity contribution < 1.29 is 9.47 Å². The molecule has 0 radical (unpaired) electrons. The molecule has 0 saturated carbocycles. The van der Waals surface area contributed by atoms with Gasteiger partial charge >= 0.3 is 0 Å². The Balaban J connectivity index is 2.15. The first-order valence-corrected chi connectivity index (χ1v) is 7.12. The van der Waals surface area contributed by atoms with Crippen LogP contribution in [0.25, 0.3) is 0 Å². The predicted molar refractivity (Wildman–Crippen MR) is 85.4 cm³/mol. The molecular formula is C16H18BrNO2. The van der Waals surface area contributed by atoms with Gasteiger partial charge < -0.3 is 15.2 Å². The molecule has 2 aromatic rings. The quantitative estimate of drug-likeness (QED) is 0.850. The van der Waals surface area contributed by atoms with Gasteiger partial charge in [0.05, 0.1) is 11.6 Å². The molecule has 3 nitrogen and oxygen atoms in total. The number of hydrogen-bond donors (Lipinski definition) is 1. The van der Waals surface area contributed by atoms with E-state index in [1.165, 1.54) is 0 Å². The van der Waals surface area contributed by atoms with E-state index in [9.17, 15) is 0 Å². The largest absolute Gasteiger partial charge is 0.496 e. The van der Waals surface area contributed by atoms with Crippen LogP contribution in [0.1, 0.15) is 16.7 Å². The van der Waals surface area contributed by atoms with Crippen molar-refractivity contribution in [2.24, 2.45) is 0 Å². The third-order valence-corrected chi connectivity index (χ3v) is 3.70. The Hall–Kier alpha value is -1.68. The van der Waals surface area contributed by atoms with Crippen LogP contribution in [0.5, 0.6) is 11.5 Å². The van der Waals surface area contributed by atoms with Crippen molar-refractivity contribution in [1.82, 2.24) is 0 Å². The maximum absolute atomic E-state index is 5.92. The van der Waals surface area contributed by atoms with E-state index in [0.29, 0.717) is 6.61 Å². The van der Waals surface area contributed by atoms with Crippen molar-refractivity contribution >= 4 is 21.6 Å². The molecule has 0 fully saturated rings. The van der Waals surface area contributed by atoms with Gasteiger partial charge in [0.25, 0.3) is 0 Å². The van der Waals surface area contributed by atoms with Gasteiger partial charge in [-0.25, -0.2) is 0 Å². The molecule has 0 aromatic heterocycles. The first kappa shape index (κ1) is 14.7. The summed E-state index contributed by atoms with van der Waals surface area (Å²) in [5.41, 5.74) is 9.75. The van der Waals surface area contributed by atoms with Crippen LogP contribution in [0.15, 0.2) is 34.8 Å². The summed E-state index contributed by atoms with van der Waals surface area (Å²) in [5, 5.41) is 0. The Morgan fingerprint density at radius 1 is 1.10 bits per heavy atom. The second-order valence-corrected chi connectivity index (χ2v) is 5.60. The monoisotopic (exact) mass is 335 g/mol. The SMILES string of the molecule is COc1ccc(COc2c(C)cc(N)cc2C)cc1Br. The van der Waals surface area contributed by atoms with E-state index in [2.05, 4.69) is 15.9 Å². The maximum Gasteiger partial charge on any atom is 0.133 e. The van der Waals surface area contributed by atoms with Crippen molar-refractivity contribution in [3.05, 3.63) is 51.5 Å². The first-order valence-electron chi connectivity index (χ1n) is 6.33. The lowest BCUT2D eigenvalue weighted by Crippen LogP contribution is -2.00. The lowest BCUT2D eigenvalue weighted by molar-refractivity contribution is 0.301. The number of anilines is 1. The zero-order valence-corrected chi connectivity index (χ0v) is 13.5. The normalized spacial score (nSPS) is 10.4. The molecule has 0 unspecified atom stereocenters. The molecule has 0 saturated heterocycles. The average molecular weight is 336 g/mol. The van der Waals surface area contributed by atoms with Crippen molar-refractivity contribution in [2.45, 2.75) is 20.5 Å². The van der Waals surface area contributed by atoms with Crippen LogP contribution in [0.2, 0.25) is 0 Å². The van der Waals surface area contributed by atoms with Gasteiger partial charge in [0, 0.05) is 5.69 Å². The summed E-state index contributed by atoms with van der Waals surface area (Å²) in [6, 6.07) is 9.76. The lowest BCUT2D eigenvalue weighted by Gasteiger charge is -2.13. The summed E-state index contributed by atoms with van der Waals surface area (Å²) in [6.07, 6.45) is 0. The smallest absolute Gasteiger partial charge is 0.133 e. The van der Waals surface area contributed by atoms with Gasteiger partial charge in [0.2, 0.25) is 0 Å². The summed E-state index contributed by atoms with van der Waals surface area (Å²) in [5.74, 6) is 1.71. The van der Waals surface area contributed by atoms with E-state index < -0.39 is 0 Å². The highest BCUT2D eigenvalue weighted by Crippen LogP contribution is 2.29. The number of rotatable bonds is 4. The maximum atomic E-state index is 5.92. The summed E-state index contributed by atoms with van der Waals surface area (Å²) in [4.78, 5) is 0. The minimum Gasteiger partial charge on any atom is -0.496 e. The summed E-state index contributed by atoms with van der Waals surface area (Å²) < 4.78 is 12.1. The van der Waals surface area contributed by atoms with Gasteiger partial charge in [0.15, 0.2) is 0 Å². The molecule has 0 aliphatic carbocycles. The molecule has 0 atom stereocenters. The first-order chi connectivity index (χ1) is 9.51. The van der Waals surface area contributed by atoms with Crippen molar-refractivity contribution in [1.29, 1.82) is 0 Å². The number of nitrogen functional groups attached to an aromatic ring is 1. The fourth-order valence-corrected chi connectivity index (χ4v) is 2.75. The van der Waals surface area contributed by atoms with Gasteiger partial charge in [-0.3, -0.25) is 0 Å². The Labute approximate surface area is 127 Å². The molecule has 0 aliphatic heterocycles. The summed E-state index contributed by atoms with van der Waals surface area (Å²) in [7, 11) is 1.65. The van der Waals surface area contributed by atoms with Crippen LogP contribution in [0.3, 0.4) is 0 Å². The van der Waals surface area contributed by atoms with E-state index in [4.69, 9.17) is 15.2 Å². The van der Waals surface area contributed by atoms with E-state index in [0.717, 1.165) is 38.3 Å². The number of ether oxygens (including phenoxy) is 2. The molecule has 0 bridgehead atoms. The fraction of sp³-hybridized carbons (Fsp3) is 0.250. The number of nitrogens with two attached hydrogens (primary N) is 1. The molecule has 2 rings (SSSR count). The fourth-order valence-electron chi connectivity index (χ4n) is 2.17. The van der Waals surface area contributed by atoms with Gasteiger partial charge in [-0.1, -0.05) is 6.07 Å². The second-order valence-electron chi connectivity index (χ2n) is 4.74. The highest BCUT2D eigenvalue weighted by molar-refractivity contribution is 9.10. The molecule has 2 N–H and O–H groups in total. The average Bonchev–Trinajstić information content (AvgIpc) is 2.37. The number of aryl methyl sites for hydroxylation is 2. The highest BCUT2D eigenvalue weighted by Gasteiger charge is 2.07. The van der Waals surface area contributed by atoms with Gasteiger partial charge in [-0.15, -0.1) is 0 Å². The Kier molecular flexibility index (Phi) is 4.55. The molecule has 106 valence electrons. The van der Waals surface area contributed by atoms with Crippen molar-refractivity contribution in [2.75, 3.05) is 12.8 Å². The minimum absolute atomic E-state index is 0.508. The third kappa shape index (κ3) is 3.25. The van der Waals surface area contributed by atoms with E-state index in [1.54, 1.807) is 7.11 Å². The molecule has 20 heavy (non-hydrogen) atoms. The number of halogens is 1. The Bertz CT molecular complexity index is 603. The molecule has 2 aromatic carbocycles. The lowest BCUT2D eigenvalue weighted by atomic mass is 10.1. The van der Waals surface area contributed by atoms with Crippen molar-refractivity contribution in [3.63, 3.8) is 0 Å². The van der Waals surface area contributed by atoms with Crippen LogP contribution in [-0.4, -0.2) is 7.11 Å². The van der Waals surface area contributed by atoms with Gasteiger partial charge in [-0.05, 0) is 70.7 Å². The standard InChI is InChI=1S/C16H18BrNO2/c1-10-6-13(18)7-11(2)16(10)20-9-12-4-5-15(19-3)14(17)8-12/h4-8H,9,18H2,1-3H3. The zero-order valence-electron chi connectivity index (χ0n) is 11.9. The van der Waals surface area contributed by atoms with Crippen LogP contribution in [-0.2, 0) is 6.61 Å². The van der Waals surface area contributed by atoms with E-state index in [-0.39, 0.29) is 0 Å². The number of methoxy groups -OCH3 is 1. The molecule has 0 amide bonds. The van der Waals surface area contributed by atoms with Crippen LogP contribution in [0.4, 0.5) is 5.69 Å². The van der Waals surface area contributed by atoms with Gasteiger partial charge in [0.1, 0.15) is 18.1 Å². The molecule has 0 heterocycles. The topological polar surface area (TPSA) is 44.5 Å². The predicted octanol–water partition coefficient (Wildman–Crippen LogP) is 4.24. The van der Waals surface area contributed by atoms with Gasteiger partial charge in [-0.2, -0.15) is 0 Å². The second kappa shape index (κ2) is 6.18. The highest BCUT2D eigenvalue weighted by atomic mass is 79.9. The zero-order chi connectivity index (χ0) is 14.7. The van der Waals surface area contributed by atoms with Crippen LogP contribution in [0, 0.1) is 13.8 Å². The number of benzene rings is 2. The van der Waals surface area contributed by atoms with E-state index >= 15 is 0 Å². The third-order valence-electron chi connectivity index (χ3n) is 3.08. The Morgan fingerprint density at radius 2 is 1.75 bits per heavy atom. The van der Waals surface area contributed by atoms with Crippen LogP contribution >= 0.6 is 15.9 Å². The molecule has 4 heteroatoms. The molecular weight excluding hydrogens is 318 g/mol. The van der Waals surface area contributed by atoms with E-state index in [1.807, 2.05) is 44.2 Å². The molecule has 0 aliphatic rings. The summed E-state index contributed by atoms with van der Waals surface area (Å²) in [6.45, 7) is 4.51.